The number of aliphatic hydroxyl groups excluding tert-OH is 1. The number of amides is 1. The van der Waals surface area contributed by atoms with Gasteiger partial charge in [0.2, 0.25) is 6.41 Å². The minimum atomic E-state index is 0.163. The number of aliphatic hydroxyl groups is 1. The van der Waals surface area contributed by atoms with Crippen LogP contribution in [0.1, 0.15) is 32.3 Å². The Hall–Kier alpha value is -3.19. The molecule has 0 saturated carbocycles. The molecule has 176 valence electrons. The molecule has 2 N–H and O–H groups in total. The molecular formula is C26H34N4O3. The molecule has 2 heterocycles. The van der Waals surface area contributed by atoms with Crippen LogP contribution in [0.5, 0.6) is 5.75 Å². The van der Waals surface area contributed by atoms with E-state index in [0.717, 1.165) is 60.5 Å². The monoisotopic (exact) mass is 450 g/mol. The molecule has 0 aliphatic carbocycles. The Morgan fingerprint density at radius 3 is 2.39 bits per heavy atom. The fourth-order valence-corrected chi connectivity index (χ4v) is 3.79. The maximum atomic E-state index is 11.0. The van der Waals surface area contributed by atoms with Gasteiger partial charge in [-0.05, 0) is 55.5 Å². The van der Waals surface area contributed by atoms with Crippen LogP contribution in [-0.4, -0.2) is 64.3 Å². The van der Waals surface area contributed by atoms with E-state index < -0.39 is 0 Å². The molecule has 7 nitrogen and oxygen atoms in total. The number of carbonyl (C=O) groups excluding carboxylic acids is 1. The number of anilines is 1. The van der Waals surface area contributed by atoms with E-state index in [2.05, 4.69) is 29.8 Å². The van der Waals surface area contributed by atoms with Crippen LogP contribution in [0.4, 0.5) is 5.82 Å². The molecule has 4 rings (SSSR count). The average molecular weight is 451 g/mol. The highest BCUT2D eigenvalue weighted by atomic mass is 16.3. The molecule has 33 heavy (non-hydrogen) atoms. The Balaban J connectivity index is 0.000000383. The Morgan fingerprint density at radius 2 is 1.79 bits per heavy atom. The number of nitrogens with zero attached hydrogens (tertiary/aromatic N) is 4. The number of phenols is 1. The molecule has 0 bridgehead atoms. The SMILES string of the molecule is CC(C)CCCO.Cc1ccc2c(N3CCN(C=O)CC3)nc(-c3ccccc3O)nc2c1. The third kappa shape index (κ3) is 6.42. The molecule has 7 heteroatoms. The van der Waals surface area contributed by atoms with Crippen molar-refractivity contribution in [1.29, 1.82) is 0 Å². The van der Waals surface area contributed by atoms with Crippen LogP contribution in [0.3, 0.4) is 0 Å². The van der Waals surface area contributed by atoms with E-state index in [1.165, 1.54) is 0 Å². The zero-order chi connectivity index (χ0) is 23.8. The summed E-state index contributed by atoms with van der Waals surface area (Å²) in [5, 5.41) is 19.5. The van der Waals surface area contributed by atoms with Crippen LogP contribution in [-0.2, 0) is 4.79 Å². The van der Waals surface area contributed by atoms with Gasteiger partial charge in [0.15, 0.2) is 5.82 Å². The number of hydrogen-bond acceptors (Lipinski definition) is 6. The van der Waals surface area contributed by atoms with Gasteiger partial charge in [0.25, 0.3) is 0 Å². The third-order valence-corrected chi connectivity index (χ3v) is 5.68. The number of para-hydroxylation sites is 1. The second kappa shape index (κ2) is 11.6. The number of rotatable bonds is 6. The Bertz CT molecular complexity index is 1060. The van der Waals surface area contributed by atoms with Crippen LogP contribution >= 0.6 is 0 Å². The van der Waals surface area contributed by atoms with Crippen molar-refractivity contribution in [3.63, 3.8) is 0 Å². The summed E-state index contributed by atoms with van der Waals surface area (Å²) in [7, 11) is 0. The molecule has 0 atom stereocenters. The summed E-state index contributed by atoms with van der Waals surface area (Å²) >= 11 is 0. The number of hydrogen-bond donors (Lipinski definition) is 2. The van der Waals surface area contributed by atoms with Crippen molar-refractivity contribution in [3.05, 3.63) is 48.0 Å². The number of phenolic OH excluding ortho intramolecular Hbond substituents is 1. The standard InChI is InChI=1S/C20H20N4O2.C6H14O/c1-14-6-7-15-17(12-14)21-19(16-4-2-3-5-18(16)26)22-20(15)24-10-8-23(13-25)9-11-24;1-6(2)4-3-5-7/h2-7,12-13,26H,8-11H2,1H3;6-7H,3-5H2,1-2H3. The molecule has 1 aromatic heterocycles. The highest BCUT2D eigenvalue weighted by Crippen LogP contribution is 2.32. The second-order valence-corrected chi connectivity index (χ2v) is 8.80. The summed E-state index contributed by atoms with van der Waals surface area (Å²) in [6.07, 6.45) is 3.00. The van der Waals surface area contributed by atoms with E-state index in [-0.39, 0.29) is 5.75 Å². The van der Waals surface area contributed by atoms with Crippen LogP contribution in [0, 0.1) is 12.8 Å². The lowest BCUT2D eigenvalue weighted by Gasteiger charge is -2.34. The molecule has 3 aromatic rings. The zero-order valence-corrected chi connectivity index (χ0v) is 19.7. The zero-order valence-electron chi connectivity index (χ0n) is 19.7. The minimum Gasteiger partial charge on any atom is -0.507 e. The van der Waals surface area contributed by atoms with Gasteiger partial charge in [-0.1, -0.05) is 32.0 Å². The topological polar surface area (TPSA) is 89.8 Å². The van der Waals surface area contributed by atoms with Gasteiger partial charge < -0.3 is 20.0 Å². The first-order valence-electron chi connectivity index (χ1n) is 11.5. The number of piperazine rings is 1. The highest BCUT2D eigenvalue weighted by Gasteiger charge is 2.21. The molecule has 1 saturated heterocycles. The summed E-state index contributed by atoms with van der Waals surface area (Å²) in [4.78, 5) is 24.4. The number of aromatic hydroxyl groups is 1. The maximum Gasteiger partial charge on any atom is 0.209 e. The Labute approximate surface area is 195 Å². The smallest absolute Gasteiger partial charge is 0.209 e. The van der Waals surface area contributed by atoms with Crippen molar-refractivity contribution >= 4 is 23.1 Å². The van der Waals surface area contributed by atoms with Gasteiger partial charge in [-0.15, -0.1) is 0 Å². The Kier molecular flexibility index (Phi) is 8.60. The number of aryl methyl sites for hydroxylation is 1. The highest BCUT2D eigenvalue weighted by molar-refractivity contribution is 5.92. The third-order valence-electron chi connectivity index (χ3n) is 5.68. The van der Waals surface area contributed by atoms with Crippen molar-refractivity contribution in [2.45, 2.75) is 33.6 Å². The van der Waals surface area contributed by atoms with Gasteiger partial charge >= 0.3 is 0 Å². The molecular weight excluding hydrogens is 416 g/mol. The first-order chi connectivity index (χ1) is 15.9. The van der Waals surface area contributed by atoms with E-state index in [4.69, 9.17) is 10.1 Å². The van der Waals surface area contributed by atoms with Gasteiger partial charge in [-0.3, -0.25) is 4.79 Å². The number of fused-ring (bicyclic) bond motifs is 1. The second-order valence-electron chi connectivity index (χ2n) is 8.80. The predicted octanol–water partition coefficient (Wildman–Crippen LogP) is 4.00. The summed E-state index contributed by atoms with van der Waals surface area (Å²) in [6, 6.07) is 13.2. The largest absolute Gasteiger partial charge is 0.507 e. The van der Waals surface area contributed by atoms with E-state index in [0.29, 0.717) is 31.1 Å². The molecule has 2 aromatic carbocycles. The van der Waals surface area contributed by atoms with Gasteiger partial charge in [0.1, 0.15) is 11.6 Å². The summed E-state index contributed by atoms with van der Waals surface area (Å²) in [6.45, 7) is 9.49. The quantitative estimate of drug-likeness (QED) is 0.552. The lowest BCUT2D eigenvalue weighted by Crippen LogP contribution is -2.46. The van der Waals surface area contributed by atoms with Crippen LogP contribution < -0.4 is 4.90 Å². The lowest BCUT2D eigenvalue weighted by atomic mass is 10.1. The van der Waals surface area contributed by atoms with Gasteiger partial charge in [-0.25, -0.2) is 9.97 Å². The fourth-order valence-electron chi connectivity index (χ4n) is 3.79. The molecule has 1 aliphatic rings. The van der Waals surface area contributed by atoms with Crippen LogP contribution in [0.15, 0.2) is 42.5 Å². The first kappa shape index (κ1) is 24.5. The molecule has 1 aliphatic heterocycles. The fraction of sp³-hybridized carbons (Fsp3) is 0.423. The van der Waals surface area contributed by atoms with Crippen LogP contribution in [0.25, 0.3) is 22.3 Å². The van der Waals surface area contributed by atoms with Crippen molar-refractivity contribution in [1.82, 2.24) is 14.9 Å². The molecule has 0 unspecified atom stereocenters. The van der Waals surface area contributed by atoms with Gasteiger partial charge in [0, 0.05) is 38.2 Å². The van der Waals surface area contributed by atoms with E-state index in [9.17, 15) is 9.90 Å². The van der Waals surface area contributed by atoms with Gasteiger partial charge in [-0.2, -0.15) is 0 Å². The summed E-state index contributed by atoms with van der Waals surface area (Å²) in [5.41, 5.74) is 2.59. The molecule has 1 fully saturated rings. The normalized spacial score (nSPS) is 13.7. The summed E-state index contributed by atoms with van der Waals surface area (Å²) in [5.74, 6) is 2.26. The van der Waals surface area contributed by atoms with E-state index >= 15 is 0 Å². The predicted molar refractivity (Wildman–Crippen MR) is 132 cm³/mol. The molecule has 1 amide bonds. The number of aromatic nitrogens is 2. The van der Waals surface area contributed by atoms with Crippen LogP contribution in [0.2, 0.25) is 0 Å². The summed E-state index contributed by atoms with van der Waals surface area (Å²) < 4.78 is 0. The van der Waals surface area contributed by atoms with E-state index in [1.54, 1.807) is 17.0 Å². The van der Waals surface area contributed by atoms with Gasteiger partial charge in [0.05, 0.1) is 11.1 Å². The van der Waals surface area contributed by atoms with E-state index in [1.807, 2.05) is 31.2 Å². The minimum absolute atomic E-state index is 0.163. The van der Waals surface area contributed by atoms with Crippen molar-refractivity contribution in [3.8, 4) is 17.1 Å². The number of carbonyl (C=O) groups is 1. The average Bonchev–Trinajstić information content (AvgIpc) is 2.82. The lowest BCUT2D eigenvalue weighted by molar-refractivity contribution is -0.118. The maximum absolute atomic E-state index is 11.0. The van der Waals surface area contributed by atoms with Crippen molar-refractivity contribution in [2.75, 3.05) is 37.7 Å². The molecule has 0 radical (unpaired) electrons. The molecule has 0 spiro atoms. The first-order valence-corrected chi connectivity index (χ1v) is 11.5. The van der Waals surface area contributed by atoms with Crippen molar-refractivity contribution < 1.29 is 15.0 Å². The van der Waals surface area contributed by atoms with Crippen molar-refractivity contribution in [2.24, 2.45) is 5.92 Å². The Morgan fingerprint density at radius 1 is 1.06 bits per heavy atom. The number of benzene rings is 2.